The second-order valence-electron chi connectivity index (χ2n) is 5.01. The highest BCUT2D eigenvalue weighted by Gasteiger charge is 2.02. The molecule has 0 aliphatic heterocycles. The Bertz CT molecular complexity index is 834. The van der Waals surface area contributed by atoms with Gasteiger partial charge < -0.3 is 9.57 Å². The minimum absolute atomic E-state index is 0.110. The van der Waals surface area contributed by atoms with Crippen LogP contribution in [0, 0.1) is 5.95 Å². The van der Waals surface area contributed by atoms with E-state index in [0.29, 0.717) is 5.71 Å². The molecule has 3 aromatic rings. The van der Waals surface area contributed by atoms with Crippen molar-refractivity contribution in [3.05, 3.63) is 84.3 Å². The van der Waals surface area contributed by atoms with E-state index in [1.807, 2.05) is 54.6 Å². The summed E-state index contributed by atoms with van der Waals surface area (Å²) in [6, 6.07) is 21.3. The summed E-state index contributed by atoms with van der Waals surface area (Å²) in [6.45, 7) is 1.80. The molecule has 0 fully saturated rings. The van der Waals surface area contributed by atoms with Crippen molar-refractivity contribution in [2.75, 3.05) is 0 Å². The summed E-state index contributed by atoms with van der Waals surface area (Å²) >= 11 is 0. The van der Waals surface area contributed by atoms with E-state index in [1.165, 1.54) is 18.2 Å². The molecule has 0 N–H and O–H groups in total. The highest BCUT2D eigenvalue weighted by molar-refractivity contribution is 5.98. The monoisotopic (exact) mass is 322 g/mol. The third-order valence-corrected chi connectivity index (χ3v) is 3.22. The standard InChI is InChI=1S/C19H15FN2O2/c1-14(22-24-19-9-5-8-18(20)21-19)15-10-12-17(13-11-15)23-16-6-3-2-4-7-16/h2-13H,1H3. The molecule has 0 atom stereocenters. The molecule has 3 rings (SSSR count). The minimum Gasteiger partial charge on any atom is -0.457 e. The molecule has 0 saturated heterocycles. The van der Waals surface area contributed by atoms with Crippen molar-refractivity contribution in [3.8, 4) is 17.4 Å². The summed E-state index contributed by atoms with van der Waals surface area (Å²) in [4.78, 5) is 8.72. The Balaban J connectivity index is 1.67. The van der Waals surface area contributed by atoms with Gasteiger partial charge in [0, 0.05) is 6.07 Å². The van der Waals surface area contributed by atoms with Crippen LogP contribution in [-0.2, 0) is 0 Å². The zero-order valence-electron chi connectivity index (χ0n) is 13.0. The van der Waals surface area contributed by atoms with Crippen molar-refractivity contribution < 1.29 is 14.0 Å². The normalized spacial score (nSPS) is 11.2. The van der Waals surface area contributed by atoms with Crippen LogP contribution >= 0.6 is 0 Å². The van der Waals surface area contributed by atoms with Crippen molar-refractivity contribution in [2.45, 2.75) is 6.92 Å². The van der Waals surface area contributed by atoms with E-state index in [-0.39, 0.29) is 5.88 Å². The van der Waals surface area contributed by atoms with Gasteiger partial charge in [-0.3, -0.25) is 0 Å². The van der Waals surface area contributed by atoms with E-state index < -0.39 is 5.95 Å². The molecule has 0 aliphatic rings. The number of benzene rings is 2. The number of oxime groups is 1. The van der Waals surface area contributed by atoms with Crippen LogP contribution in [0.3, 0.4) is 0 Å². The van der Waals surface area contributed by atoms with Gasteiger partial charge in [0.15, 0.2) is 0 Å². The molecular formula is C19H15FN2O2. The van der Waals surface area contributed by atoms with Gasteiger partial charge in [-0.2, -0.15) is 9.37 Å². The molecule has 0 saturated carbocycles. The predicted octanol–water partition coefficient (Wildman–Crippen LogP) is 4.82. The Morgan fingerprint density at radius 2 is 1.58 bits per heavy atom. The van der Waals surface area contributed by atoms with Gasteiger partial charge in [0.25, 0.3) is 5.88 Å². The molecule has 120 valence electrons. The van der Waals surface area contributed by atoms with Gasteiger partial charge in [-0.15, -0.1) is 0 Å². The van der Waals surface area contributed by atoms with Crippen LogP contribution < -0.4 is 9.57 Å². The molecule has 5 heteroatoms. The molecule has 0 aliphatic carbocycles. The molecule has 0 spiro atoms. The smallest absolute Gasteiger partial charge is 0.251 e. The molecular weight excluding hydrogens is 307 g/mol. The average Bonchev–Trinajstić information content (AvgIpc) is 2.61. The van der Waals surface area contributed by atoms with Crippen molar-refractivity contribution in [1.29, 1.82) is 0 Å². The summed E-state index contributed by atoms with van der Waals surface area (Å²) in [5.41, 5.74) is 1.51. The van der Waals surface area contributed by atoms with Gasteiger partial charge in [0.2, 0.25) is 5.95 Å². The van der Waals surface area contributed by atoms with Crippen molar-refractivity contribution in [1.82, 2.24) is 4.98 Å². The molecule has 4 nitrogen and oxygen atoms in total. The van der Waals surface area contributed by atoms with E-state index >= 15 is 0 Å². The van der Waals surface area contributed by atoms with Gasteiger partial charge >= 0.3 is 0 Å². The van der Waals surface area contributed by atoms with Gasteiger partial charge in [0.05, 0.1) is 5.71 Å². The highest BCUT2D eigenvalue weighted by Crippen LogP contribution is 2.21. The molecule has 2 aromatic carbocycles. The van der Waals surface area contributed by atoms with Crippen LogP contribution in [0.15, 0.2) is 78.0 Å². The van der Waals surface area contributed by atoms with Crippen molar-refractivity contribution in [2.24, 2.45) is 5.16 Å². The second kappa shape index (κ2) is 7.37. The number of nitrogens with zero attached hydrogens (tertiary/aromatic N) is 2. The van der Waals surface area contributed by atoms with Crippen LogP contribution in [0.1, 0.15) is 12.5 Å². The maximum Gasteiger partial charge on any atom is 0.251 e. The summed E-state index contributed by atoms with van der Waals surface area (Å²) in [7, 11) is 0. The van der Waals surface area contributed by atoms with E-state index in [1.54, 1.807) is 6.92 Å². The lowest BCUT2D eigenvalue weighted by Gasteiger charge is -2.06. The summed E-state index contributed by atoms with van der Waals surface area (Å²) in [6.07, 6.45) is 0. The molecule has 0 amide bonds. The Morgan fingerprint density at radius 1 is 0.875 bits per heavy atom. The molecule has 0 radical (unpaired) electrons. The van der Waals surface area contributed by atoms with E-state index in [4.69, 9.17) is 9.57 Å². The fraction of sp³-hybridized carbons (Fsp3) is 0.0526. The number of halogens is 1. The van der Waals surface area contributed by atoms with Crippen LogP contribution in [0.5, 0.6) is 17.4 Å². The largest absolute Gasteiger partial charge is 0.457 e. The van der Waals surface area contributed by atoms with Crippen LogP contribution in [-0.4, -0.2) is 10.7 Å². The van der Waals surface area contributed by atoms with Crippen LogP contribution in [0.4, 0.5) is 4.39 Å². The number of hydrogen-bond donors (Lipinski definition) is 0. The van der Waals surface area contributed by atoms with Gasteiger partial charge in [0.1, 0.15) is 11.5 Å². The second-order valence-corrected chi connectivity index (χ2v) is 5.01. The SMILES string of the molecule is CC(=NOc1cccc(F)n1)c1ccc(Oc2ccccc2)cc1. The molecule has 24 heavy (non-hydrogen) atoms. The summed E-state index contributed by atoms with van der Waals surface area (Å²) in [5, 5.41) is 3.97. The first-order valence-corrected chi connectivity index (χ1v) is 7.38. The number of aromatic nitrogens is 1. The Labute approximate surface area is 139 Å². The first kappa shape index (κ1) is 15.7. The average molecular weight is 322 g/mol. The van der Waals surface area contributed by atoms with E-state index in [2.05, 4.69) is 10.1 Å². The molecule has 1 heterocycles. The topological polar surface area (TPSA) is 43.7 Å². The van der Waals surface area contributed by atoms with Crippen LogP contribution in [0.2, 0.25) is 0 Å². The maximum absolute atomic E-state index is 13.0. The zero-order chi connectivity index (χ0) is 16.8. The predicted molar refractivity (Wildman–Crippen MR) is 90.0 cm³/mol. The first-order valence-electron chi connectivity index (χ1n) is 7.38. The van der Waals surface area contributed by atoms with Gasteiger partial charge in [-0.1, -0.05) is 29.4 Å². The first-order chi connectivity index (χ1) is 11.7. The number of ether oxygens (including phenoxy) is 1. The van der Waals surface area contributed by atoms with Gasteiger partial charge in [-0.05, 0) is 55.0 Å². The highest BCUT2D eigenvalue weighted by atomic mass is 19.1. The maximum atomic E-state index is 13.0. The fourth-order valence-corrected chi connectivity index (χ4v) is 2.00. The number of para-hydroxylation sites is 1. The quantitative estimate of drug-likeness (QED) is 0.384. The lowest BCUT2D eigenvalue weighted by molar-refractivity contribution is 0.321. The Kier molecular flexibility index (Phi) is 4.81. The summed E-state index contributed by atoms with van der Waals surface area (Å²) < 4.78 is 18.7. The molecule has 1 aromatic heterocycles. The number of hydrogen-bond acceptors (Lipinski definition) is 4. The molecule has 0 unspecified atom stereocenters. The third kappa shape index (κ3) is 4.16. The Hall–Kier alpha value is -3.21. The van der Waals surface area contributed by atoms with Crippen molar-refractivity contribution >= 4 is 5.71 Å². The van der Waals surface area contributed by atoms with Crippen molar-refractivity contribution in [3.63, 3.8) is 0 Å². The fourth-order valence-electron chi connectivity index (χ4n) is 2.00. The third-order valence-electron chi connectivity index (χ3n) is 3.22. The van der Waals surface area contributed by atoms with E-state index in [0.717, 1.165) is 17.1 Å². The number of rotatable bonds is 5. The number of pyridine rings is 1. The lowest BCUT2D eigenvalue weighted by atomic mass is 10.1. The van der Waals surface area contributed by atoms with E-state index in [9.17, 15) is 4.39 Å². The van der Waals surface area contributed by atoms with Gasteiger partial charge in [-0.25, -0.2) is 0 Å². The Morgan fingerprint density at radius 3 is 2.29 bits per heavy atom. The minimum atomic E-state index is -0.609. The zero-order valence-corrected chi connectivity index (χ0v) is 13.0. The molecule has 0 bridgehead atoms. The lowest BCUT2D eigenvalue weighted by Crippen LogP contribution is -1.99. The summed E-state index contributed by atoms with van der Waals surface area (Å²) in [5.74, 6) is 1.00. The van der Waals surface area contributed by atoms with Crippen LogP contribution in [0.25, 0.3) is 0 Å².